The third-order valence-corrected chi connectivity index (χ3v) is 7.48. The maximum atomic E-state index is 13.0. The van der Waals surface area contributed by atoms with Crippen molar-refractivity contribution >= 4 is 17.6 Å². The van der Waals surface area contributed by atoms with Gasteiger partial charge in [-0.15, -0.1) is 0 Å². The number of rotatable bonds is 11. The number of ether oxygens (including phenoxy) is 1. The summed E-state index contributed by atoms with van der Waals surface area (Å²) in [7, 11) is 0. The van der Waals surface area contributed by atoms with Crippen LogP contribution in [0.3, 0.4) is 0 Å². The van der Waals surface area contributed by atoms with Crippen molar-refractivity contribution in [3.8, 4) is 16.9 Å². The van der Waals surface area contributed by atoms with Crippen LogP contribution in [-0.2, 0) is 22.7 Å². The number of likely N-dealkylation sites (tertiary alicyclic amines) is 1. The lowest BCUT2D eigenvalue weighted by molar-refractivity contribution is -0.386. The van der Waals surface area contributed by atoms with Gasteiger partial charge in [-0.2, -0.15) is 0 Å². The summed E-state index contributed by atoms with van der Waals surface area (Å²) in [4.78, 5) is 37.8. The number of carboxylic acids is 1. The molecule has 1 fully saturated rings. The predicted molar refractivity (Wildman–Crippen MR) is 153 cm³/mol. The Labute approximate surface area is 238 Å². The summed E-state index contributed by atoms with van der Waals surface area (Å²) in [5, 5.41) is 33.5. The highest BCUT2D eigenvalue weighted by Gasteiger charge is 2.33. The number of amides is 1. The fourth-order valence-electron chi connectivity index (χ4n) is 5.20. The average molecular weight is 562 g/mol. The van der Waals surface area contributed by atoms with Gasteiger partial charge < -0.3 is 20.3 Å². The Morgan fingerprint density at radius 1 is 1.12 bits per heavy atom. The third-order valence-electron chi connectivity index (χ3n) is 7.48. The molecular formula is C31H35N3O7. The Hall–Kier alpha value is -4.28. The Morgan fingerprint density at radius 2 is 1.88 bits per heavy atom. The SMILES string of the molecule is Cc1c(COc2ccc(CN3CCCC[C@H]3C(=O)N[C@H](C(=O)O)[C@@H](C)O)cc2[N+](=O)[O-])cccc1-c1ccccc1. The minimum Gasteiger partial charge on any atom is -0.482 e. The van der Waals surface area contributed by atoms with Gasteiger partial charge in [-0.3, -0.25) is 19.8 Å². The van der Waals surface area contributed by atoms with E-state index in [1.54, 1.807) is 12.1 Å². The van der Waals surface area contributed by atoms with Gasteiger partial charge in [-0.25, -0.2) is 4.79 Å². The molecule has 0 bridgehead atoms. The molecule has 0 saturated carbocycles. The maximum absolute atomic E-state index is 13.0. The number of nitro groups is 1. The van der Waals surface area contributed by atoms with E-state index in [0.29, 0.717) is 18.5 Å². The zero-order valence-electron chi connectivity index (χ0n) is 23.2. The van der Waals surface area contributed by atoms with Crippen LogP contribution in [-0.4, -0.2) is 56.6 Å². The van der Waals surface area contributed by atoms with E-state index >= 15 is 0 Å². The van der Waals surface area contributed by atoms with Crippen LogP contribution >= 0.6 is 0 Å². The van der Waals surface area contributed by atoms with E-state index in [1.807, 2.05) is 60.4 Å². The lowest BCUT2D eigenvalue weighted by atomic mass is 9.97. The summed E-state index contributed by atoms with van der Waals surface area (Å²) in [6.07, 6.45) is 0.891. The van der Waals surface area contributed by atoms with Crippen LogP contribution in [0.1, 0.15) is 42.9 Å². The predicted octanol–water partition coefficient (Wildman–Crippen LogP) is 4.45. The van der Waals surface area contributed by atoms with E-state index in [1.165, 1.54) is 13.0 Å². The second kappa shape index (κ2) is 13.4. The maximum Gasteiger partial charge on any atom is 0.328 e. The molecule has 41 heavy (non-hydrogen) atoms. The van der Waals surface area contributed by atoms with Crippen LogP contribution in [0.2, 0.25) is 0 Å². The quantitative estimate of drug-likeness (QED) is 0.230. The van der Waals surface area contributed by atoms with Gasteiger partial charge >= 0.3 is 11.7 Å². The van der Waals surface area contributed by atoms with Crippen LogP contribution in [0.5, 0.6) is 5.75 Å². The number of hydrogen-bond acceptors (Lipinski definition) is 7. The van der Waals surface area contributed by atoms with Gasteiger partial charge in [-0.1, -0.05) is 61.0 Å². The number of carbonyl (C=O) groups is 2. The number of hydrogen-bond donors (Lipinski definition) is 3. The van der Waals surface area contributed by atoms with Crippen LogP contribution in [0, 0.1) is 17.0 Å². The molecule has 0 aliphatic carbocycles. The highest BCUT2D eigenvalue weighted by atomic mass is 16.6. The molecule has 3 N–H and O–H groups in total. The molecule has 3 atom stereocenters. The van der Waals surface area contributed by atoms with E-state index in [4.69, 9.17) is 4.74 Å². The monoisotopic (exact) mass is 561 g/mol. The number of aliphatic hydroxyl groups is 1. The van der Waals surface area contributed by atoms with Crippen molar-refractivity contribution in [2.45, 2.75) is 64.4 Å². The number of aliphatic carboxylic acids is 1. The number of aliphatic hydroxyl groups excluding tert-OH is 1. The van der Waals surface area contributed by atoms with E-state index in [0.717, 1.165) is 35.1 Å². The molecule has 216 valence electrons. The van der Waals surface area contributed by atoms with E-state index in [9.17, 15) is 29.9 Å². The molecule has 3 aromatic rings. The zero-order valence-corrected chi connectivity index (χ0v) is 23.2. The lowest BCUT2D eigenvalue weighted by Crippen LogP contribution is -2.55. The van der Waals surface area contributed by atoms with Gasteiger partial charge in [0.05, 0.1) is 17.1 Å². The largest absolute Gasteiger partial charge is 0.482 e. The first-order valence-electron chi connectivity index (χ1n) is 13.6. The molecule has 3 aromatic carbocycles. The first kappa shape index (κ1) is 29.7. The number of benzene rings is 3. The molecule has 0 radical (unpaired) electrons. The Bertz CT molecular complexity index is 1390. The molecule has 1 heterocycles. The molecule has 4 rings (SSSR count). The summed E-state index contributed by atoms with van der Waals surface area (Å²) >= 11 is 0. The number of nitrogens with zero attached hydrogens (tertiary/aromatic N) is 2. The van der Waals surface area contributed by atoms with Gasteiger partial charge in [0.2, 0.25) is 5.91 Å². The smallest absolute Gasteiger partial charge is 0.328 e. The lowest BCUT2D eigenvalue weighted by Gasteiger charge is -2.35. The summed E-state index contributed by atoms with van der Waals surface area (Å²) in [5.41, 5.74) is 4.57. The van der Waals surface area contributed by atoms with Crippen molar-refractivity contribution in [2.24, 2.45) is 0 Å². The fourth-order valence-corrected chi connectivity index (χ4v) is 5.20. The van der Waals surface area contributed by atoms with E-state index in [2.05, 4.69) is 5.32 Å². The molecule has 1 aliphatic rings. The number of carbonyl (C=O) groups excluding carboxylic acids is 1. The second-order valence-corrected chi connectivity index (χ2v) is 10.4. The van der Waals surface area contributed by atoms with Crippen LogP contribution < -0.4 is 10.1 Å². The van der Waals surface area contributed by atoms with Crippen LogP contribution in [0.15, 0.2) is 66.7 Å². The highest BCUT2D eigenvalue weighted by Crippen LogP contribution is 2.32. The normalized spacial score (nSPS) is 16.9. The Morgan fingerprint density at radius 3 is 2.56 bits per heavy atom. The van der Waals surface area contributed by atoms with Crippen molar-refractivity contribution in [2.75, 3.05) is 6.54 Å². The van der Waals surface area contributed by atoms with Crippen molar-refractivity contribution < 1.29 is 29.5 Å². The standard InChI is InChI=1S/C31H35N3O7/c1-20-24(11-8-12-25(20)23-9-4-3-5-10-23)19-41-28-15-14-22(17-27(28)34(39)40)18-33-16-7-6-13-26(33)30(36)32-29(21(2)35)31(37)38/h3-5,8-12,14-15,17,21,26,29,35H,6-7,13,16,18-19H2,1-2H3,(H,32,36)(H,37,38)/t21-,26+,29+/m1/s1. The van der Waals surface area contributed by atoms with Crippen molar-refractivity contribution in [3.63, 3.8) is 0 Å². The summed E-state index contributed by atoms with van der Waals surface area (Å²) in [6, 6.07) is 18.6. The molecule has 1 aliphatic heterocycles. The molecule has 1 saturated heterocycles. The Balaban J connectivity index is 1.49. The van der Waals surface area contributed by atoms with Gasteiger partial charge in [0.25, 0.3) is 0 Å². The zero-order chi connectivity index (χ0) is 29.5. The molecule has 10 nitrogen and oxygen atoms in total. The fraction of sp³-hybridized carbons (Fsp3) is 0.355. The number of piperidine rings is 1. The summed E-state index contributed by atoms with van der Waals surface area (Å²) in [6.45, 7) is 4.32. The topological polar surface area (TPSA) is 142 Å². The minimum atomic E-state index is -1.42. The molecular weight excluding hydrogens is 526 g/mol. The molecule has 0 unspecified atom stereocenters. The minimum absolute atomic E-state index is 0.150. The summed E-state index contributed by atoms with van der Waals surface area (Å²) < 4.78 is 5.95. The molecule has 1 amide bonds. The van der Waals surface area contributed by atoms with Gasteiger partial charge in [0.1, 0.15) is 6.61 Å². The van der Waals surface area contributed by atoms with E-state index in [-0.39, 0.29) is 24.6 Å². The first-order valence-corrected chi connectivity index (χ1v) is 13.6. The highest BCUT2D eigenvalue weighted by molar-refractivity contribution is 5.87. The van der Waals surface area contributed by atoms with Gasteiger partial charge in [0, 0.05) is 12.6 Å². The molecule has 0 aromatic heterocycles. The Kier molecular flexibility index (Phi) is 9.69. The van der Waals surface area contributed by atoms with Crippen molar-refractivity contribution in [3.05, 3.63) is 93.5 Å². The average Bonchev–Trinajstić information content (AvgIpc) is 2.96. The third kappa shape index (κ3) is 7.27. The van der Waals surface area contributed by atoms with Gasteiger partial charge in [-0.05, 0) is 67.1 Å². The second-order valence-electron chi connectivity index (χ2n) is 10.4. The molecule has 10 heteroatoms. The number of nitro benzene ring substituents is 1. The van der Waals surface area contributed by atoms with Crippen LogP contribution in [0.4, 0.5) is 5.69 Å². The number of carboxylic acid groups (broad SMARTS) is 1. The van der Waals surface area contributed by atoms with Crippen molar-refractivity contribution in [1.82, 2.24) is 10.2 Å². The van der Waals surface area contributed by atoms with E-state index < -0.39 is 35.0 Å². The molecule has 0 spiro atoms. The van der Waals surface area contributed by atoms with Crippen LogP contribution in [0.25, 0.3) is 11.1 Å². The summed E-state index contributed by atoms with van der Waals surface area (Å²) in [5.74, 6) is -1.65. The van der Waals surface area contributed by atoms with Crippen molar-refractivity contribution in [1.29, 1.82) is 0 Å². The van der Waals surface area contributed by atoms with Gasteiger partial charge in [0.15, 0.2) is 11.8 Å². The number of nitrogens with one attached hydrogen (secondary N) is 1. The first-order chi connectivity index (χ1) is 19.7.